The third kappa shape index (κ3) is 33.1. The fourth-order valence-corrected chi connectivity index (χ4v) is 5.95. The first-order chi connectivity index (χ1) is 23.6. The van der Waals surface area contributed by atoms with Crippen LogP contribution in [-0.4, -0.2) is 59.9 Å². The number of nitrogens with two attached hydrogens (primary N) is 1. The molecule has 0 aromatic heterocycles. The summed E-state index contributed by atoms with van der Waals surface area (Å²) in [5.41, 5.74) is 5.31. The molecule has 0 saturated heterocycles. The topological polar surface area (TPSA) is 172 Å². The molecule has 0 radical (unpaired) electrons. The molecule has 3 atom stereocenters. The van der Waals surface area contributed by atoms with E-state index in [0.29, 0.717) is 12.8 Å². The first-order valence-corrected chi connectivity index (χ1v) is 20.7. The van der Waals surface area contributed by atoms with Crippen molar-refractivity contribution >= 4 is 25.7 Å². The van der Waals surface area contributed by atoms with Crippen molar-refractivity contribution in [2.24, 2.45) is 5.73 Å². The predicted molar refractivity (Wildman–Crippen MR) is 194 cm³/mol. The average Bonchev–Trinajstić information content (AvgIpc) is 3.07. The number of rotatable bonds is 36. The summed E-state index contributed by atoms with van der Waals surface area (Å²) in [6, 6.07) is -1.52. The zero-order valence-electron chi connectivity index (χ0n) is 30.8. The van der Waals surface area contributed by atoms with E-state index in [-0.39, 0.29) is 19.4 Å². The van der Waals surface area contributed by atoms with Gasteiger partial charge in [-0.2, -0.15) is 0 Å². The molecule has 0 bridgehead atoms. The monoisotopic (exact) mass is 719 g/mol. The van der Waals surface area contributed by atoms with Gasteiger partial charge in [0, 0.05) is 12.8 Å². The molecule has 0 rings (SSSR count). The van der Waals surface area contributed by atoms with E-state index in [4.69, 9.17) is 24.8 Å². The molecule has 0 aliphatic carbocycles. The molecule has 12 heteroatoms. The van der Waals surface area contributed by atoms with Gasteiger partial charge in [0.2, 0.25) is 0 Å². The van der Waals surface area contributed by atoms with Gasteiger partial charge in [0.05, 0.1) is 13.2 Å². The Morgan fingerprint density at radius 1 is 0.612 bits per heavy atom. The van der Waals surface area contributed by atoms with Crippen molar-refractivity contribution < 1.29 is 47.5 Å². The molecule has 0 aliphatic rings. The molecule has 11 nitrogen and oxygen atoms in total. The third-order valence-electron chi connectivity index (χ3n) is 8.26. The van der Waals surface area contributed by atoms with E-state index in [0.717, 1.165) is 57.8 Å². The molecule has 0 saturated carbocycles. The Balaban J connectivity index is 4.44. The summed E-state index contributed by atoms with van der Waals surface area (Å²) in [5.74, 6) is -2.38. The van der Waals surface area contributed by atoms with Gasteiger partial charge in [-0.25, -0.2) is 4.57 Å². The van der Waals surface area contributed by atoms with Crippen molar-refractivity contribution in [2.45, 2.75) is 187 Å². The van der Waals surface area contributed by atoms with Crippen molar-refractivity contribution in [3.8, 4) is 0 Å². The fourth-order valence-electron chi connectivity index (χ4n) is 5.18. The number of unbranched alkanes of at least 4 members (excludes halogenated alkanes) is 20. The number of carbonyl (C=O) groups excluding carboxylic acids is 2. The number of hydrogen-bond donors (Lipinski definition) is 3. The molecule has 4 N–H and O–H groups in total. The Labute approximate surface area is 297 Å². The summed E-state index contributed by atoms with van der Waals surface area (Å²) < 4.78 is 32.5. The van der Waals surface area contributed by atoms with Gasteiger partial charge in [0.25, 0.3) is 0 Å². The molecule has 1 unspecified atom stereocenters. The Kier molecular flexibility index (Phi) is 32.2. The van der Waals surface area contributed by atoms with Gasteiger partial charge in [-0.1, -0.05) is 135 Å². The molecule has 0 heterocycles. The maximum absolute atomic E-state index is 12.5. The maximum Gasteiger partial charge on any atom is 0.472 e. The average molecular weight is 720 g/mol. The van der Waals surface area contributed by atoms with Crippen LogP contribution < -0.4 is 5.73 Å². The minimum absolute atomic E-state index is 0.155. The summed E-state index contributed by atoms with van der Waals surface area (Å²) >= 11 is 0. The zero-order chi connectivity index (χ0) is 36.4. The number of carboxylic acid groups (broad SMARTS) is 1. The molecule has 0 amide bonds. The van der Waals surface area contributed by atoms with Gasteiger partial charge < -0.3 is 25.2 Å². The van der Waals surface area contributed by atoms with Gasteiger partial charge >= 0.3 is 25.7 Å². The maximum atomic E-state index is 12.5. The standard InChI is InChI=1S/C37H70NO10P/c1-3-5-7-9-11-13-15-16-17-19-21-23-25-27-29-36(40)48-33(31-46-49(43,44)47-32-34(38)37(41)42)30-45-35(39)28-26-24-22-20-18-14-12-10-8-6-4-2/h15-16,33-34H,3-14,17-32,38H2,1-2H3,(H,41,42)(H,43,44)/b16-15-/t33-,34+/m1/s1. The van der Waals surface area contributed by atoms with E-state index >= 15 is 0 Å². The Bertz CT molecular complexity index is 900. The van der Waals surface area contributed by atoms with Crippen LogP contribution in [0.25, 0.3) is 0 Å². The Morgan fingerprint density at radius 3 is 1.49 bits per heavy atom. The van der Waals surface area contributed by atoms with Gasteiger partial charge in [-0.05, 0) is 38.5 Å². The molecule has 0 spiro atoms. The minimum atomic E-state index is -4.70. The molecule has 0 aliphatic heterocycles. The number of carbonyl (C=O) groups is 3. The first kappa shape index (κ1) is 47.2. The van der Waals surface area contributed by atoms with E-state index in [1.165, 1.54) is 77.0 Å². The summed E-state index contributed by atoms with van der Waals surface area (Å²) in [4.78, 5) is 45.7. The van der Waals surface area contributed by atoms with Crippen LogP contribution in [0.1, 0.15) is 174 Å². The van der Waals surface area contributed by atoms with E-state index in [9.17, 15) is 23.8 Å². The zero-order valence-corrected chi connectivity index (χ0v) is 31.7. The Hall–Kier alpha value is -1.78. The summed E-state index contributed by atoms with van der Waals surface area (Å²) in [6.45, 7) is 2.76. The number of aliphatic carboxylic acids is 1. The number of allylic oxidation sites excluding steroid dienone is 2. The third-order valence-corrected chi connectivity index (χ3v) is 9.21. The van der Waals surface area contributed by atoms with Gasteiger partial charge in [0.15, 0.2) is 6.10 Å². The molecule has 0 fully saturated rings. The number of hydrogen-bond acceptors (Lipinski definition) is 9. The second-order valence-electron chi connectivity index (χ2n) is 13.1. The van der Waals surface area contributed by atoms with Crippen LogP contribution in [-0.2, 0) is 37.5 Å². The Morgan fingerprint density at radius 2 is 1.02 bits per heavy atom. The highest BCUT2D eigenvalue weighted by Crippen LogP contribution is 2.43. The lowest BCUT2D eigenvalue weighted by Crippen LogP contribution is -2.34. The second-order valence-corrected chi connectivity index (χ2v) is 14.5. The number of ether oxygens (including phenoxy) is 2. The van der Waals surface area contributed by atoms with E-state index in [1.54, 1.807) is 0 Å². The van der Waals surface area contributed by atoms with Crippen LogP contribution in [0.15, 0.2) is 12.2 Å². The molecule has 0 aromatic carbocycles. The highest BCUT2D eigenvalue weighted by molar-refractivity contribution is 7.47. The lowest BCUT2D eigenvalue weighted by Gasteiger charge is -2.20. The highest BCUT2D eigenvalue weighted by atomic mass is 31.2. The predicted octanol–water partition coefficient (Wildman–Crippen LogP) is 9.34. The van der Waals surface area contributed by atoms with Crippen molar-refractivity contribution in [2.75, 3.05) is 19.8 Å². The van der Waals surface area contributed by atoms with Gasteiger partial charge in [-0.15, -0.1) is 0 Å². The number of carboxylic acids is 1. The number of esters is 2. The van der Waals surface area contributed by atoms with E-state index < -0.39 is 51.1 Å². The van der Waals surface area contributed by atoms with E-state index in [2.05, 4.69) is 30.5 Å². The van der Waals surface area contributed by atoms with Crippen LogP contribution in [0.4, 0.5) is 0 Å². The molecular formula is C37H70NO10P. The lowest BCUT2D eigenvalue weighted by molar-refractivity contribution is -0.161. The number of phosphoric ester groups is 1. The first-order valence-electron chi connectivity index (χ1n) is 19.2. The van der Waals surface area contributed by atoms with Crippen molar-refractivity contribution in [1.29, 1.82) is 0 Å². The fraction of sp³-hybridized carbons (Fsp3) is 0.865. The van der Waals surface area contributed by atoms with Crippen LogP contribution >= 0.6 is 7.82 Å². The number of phosphoric acid groups is 1. The second kappa shape index (κ2) is 33.4. The summed E-state index contributed by atoms with van der Waals surface area (Å²) in [7, 11) is -4.70. The minimum Gasteiger partial charge on any atom is -0.480 e. The van der Waals surface area contributed by atoms with Crippen LogP contribution in [0.5, 0.6) is 0 Å². The largest absolute Gasteiger partial charge is 0.480 e. The summed E-state index contributed by atoms with van der Waals surface area (Å²) in [6.07, 6.45) is 29.9. The van der Waals surface area contributed by atoms with Crippen molar-refractivity contribution in [3.63, 3.8) is 0 Å². The quantitative estimate of drug-likeness (QED) is 0.0244. The van der Waals surface area contributed by atoms with Gasteiger partial charge in [0.1, 0.15) is 12.6 Å². The lowest BCUT2D eigenvalue weighted by atomic mass is 10.1. The van der Waals surface area contributed by atoms with Crippen LogP contribution in [0, 0.1) is 0 Å². The van der Waals surface area contributed by atoms with Crippen molar-refractivity contribution in [3.05, 3.63) is 12.2 Å². The van der Waals surface area contributed by atoms with E-state index in [1.807, 2.05) is 0 Å². The SMILES string of the molecule is CCCCCCC/C=C\CCCCCCCC(=O)O[C@H](COC(=O)CCCCCCCCCCCCC)COP(=O)(O)OC[C@H](N)C(=O)O. The molecular weight excluding hydrogens is 649 g/mol. The highest BCUT2D eigenvalue weighted by Gasteiger charge is 2.28. The summed E-state index contributed by atoms with van der Waals surface area (Å²) in [5, 5.41) is 8.85. The smallest absolute Gasteiger partial charge is 0.472 e. The molecule has 0 aromatic rings. The normalized spacial score (nSPS) is 14.0. The van der Waals surface area contributed by atoms with Gasteiger partial charge in [-0.3, -0.25) is 23.4 Å². The van der Waals surface area contributed by atoms with Crippen molar-refractivity contribution in [1.82, 2.24) is 0 Å². The molecule has 288 valence electrons. The molecule has 49 heavy (non-hydrogen) atoms. The van der Waals surface area contributed by atoms with Crippen LogP contribution in [0.3, 0.4) is 0 Å². The van der Waals surface area contributed by atoms with Crippen LogP contribution in [0.2, 0.25) is 0 Å².